The molecule has 1 heterocycles. The number of halogens is 2. The number of ether oxygens (including phenoxy) is 1. The second-order valence-corrected chi connectivity index (χ2v) is 7.02. The standard InChI is InChI=1S/C20H30N2O.2ClH/c1-16(14-17-6-4-3-5-7-17)19-15-20(19)21-18-8-10-22(11-9-18)12-13-23-2;;/h3-7,14,18-21H,8-13,15H2,1-2H3;2*1H/b16-14+;;. The summed E-state index contributed by atoms with van der Waals surface area (Å²) in [4.78, 5) is 2.52. The smallest absolute Gasteiger partial charge is 0.0589 e. The molecule has 1 saturated heterocycles. The lowest BCUT2D eigenvalue weighted by molar-refractivity contribution is 0.125. The van der Waals surface area contributed by atoms with Crippen LogP contribution >= 0.6 is 24.8 Å². The van der Waals surface area contributed by atoms with Crippen molar-refractivity contribution in [1.29, 1.82) is 0 Å². The van der Waals surface area contributed by atoms with Crippen molar-refractivity contribution >= 4 is 30.9 Å². The van der Waals surface area contributed by atoms with Gasteiger partial charge in [0.25, 0.3) is 0 Å². The number of benzene rings is 1. The van der Waals surface area contributed by atoms with Crippen molar-refractivity contribution in [3.05, 3.63) is 41.5 Å². The van der Waals surface area contributed by atoms with Crippen LogP contribution in [0.15, 0.2) is 35.9 Å². The highest BCUT2D eigenvalue weighted by molar-refractivity contribution is 5.85. The van der Waals surface area contributed by atoms with E-state index in [-0.39, 0.29) is 24.8 Å². The number of hydrogen-bond acceptors (Lipinski definition) is 3. The van der Waals surface area contributed by atoms with E-state index in [0.717, 1.165) is 19.1 Å². The zero-order valence-corrected chi connectivity index (χ0v) is 17.0. The largest absolute Gasteiger partial charge is 0.383 e. The molecule has 25 heavy (non-hydrogen) atoms. The van der Waals surface area contributed by atoms with Gasteiger partial charge in [-0.15, -0.1) is 24.8 Å². The first-order valence-corrected chi connectivity index (χ1v) is 8.97. The lowest BCUT2D eigenvalue weighted by Crippen LogP contribution is -2.44. The first-order valence-electron chi connectivity index (χ1n) is 8.97. The Morgan fingerprint density at radius 3 is 2.52 bits per heavy atom. The molecule has 0 amide bonds. The zero-order chi connectivity index (χ0) is 16.1. The van der Waals surface area contributed by atoms with Gasteiger partial charge in [-0.3, -0.25) is 0 Å². The van der Waals surface area contributed by atoms with Crippen LogP contribution in [0.5, 0.6) is 0 Å². The van der Waals surface area contributed by atoms with Crippen LogP contribution in [0.25, 0.3) is 6.08 Å². The molecule has 0 radical (unpaired) electrons. The third kappa shape index (κ3) is 6.92. The quantitative estimate of drug-likeness (QED) is 0.765. The van der Waals surface area contributed by atoms with Gasteiger partial charge in [0.05, 0.1) is 6.61 Å². The maximum absolute atomic E-state index is 5.17. The third-order valence-corrected chi connectivity index (χ3v) is 5.22. The topological polar surface area (TPSA) is 24.5 Å². The SMILES string of the molecule is COCCN1CCC(NC2CC2/C(C)=C/c2ccccc2)CC1.Cl.Cl. The molecule has 0 spiro atoms. The molecule has 0 aromatic heterocycles. The van der Waals surface area contributed by atoms with E-state index < -0.39 is 0 Å². The van der Waals surface area contributed by atoms with E-state index in [1.807, 2.05) is 0 Å². The normalized spacial score (nSPS) is 24.3. The van der Waals surface area contributed by atoms with Crippen LogP contribution in [0.4, 0.5) is 0 Å². The van der Waals surface area contributed by atoms with Gasteiger partial charge >= 0.3 is 0 Å². The Bertz CT molecular complexity index is 516. The van der Waals surface area contributed by atoms with Crippen LogP contribution in [-0.4, -0.2) is 50.3 Å². The number of nitrogens with one attached hydrogen (secondary N) is 1. The van der Waals surface area contributed by atoms with Crippen LogP contribution in [0.3, 0.4) is 0 Å². The van der Waals surface area contributed by atoms with Gasteiger partial charge in [0, 0.05) is 25.7 Å². The summed E-state index contributed by atoms with van der Waals surface area (Å²) in [6, 6.07) is 12.1. The van der Waals surface area contributed by atoms with Crippen molar-refractivity contribution in [3.8, 4) is 0 Å². The highest BCUT2D eigenvalue weighted by Gasteiger charge is 2.39. The Hall–Kier alpha value is -0.580. The van der Waals surface area contributed by atoms with Gasteiger partial charge in [-0.05, 0) is 50.8 Å². The molecule has 2 atom stereocenters. The van der Waals surface area contributed by atoms with Crippen molar-refractivity contribution < 1.29 is 4.74 Å². The first kappa shape index (κ1) is 22.5. The molecule has 1 aliphatic heterocycles. The van der Waals surface area contributed by atoms with Crippen molar-refractivity contribution in [2.24, 2.45) is 5.92 Å². The number of methoxy groups -OCH3 is 1. The van der Waals surface area contributed by atoms with Crippen LogP contribution in [0.1, 0.15) is 31.7 Å². The summed E-state index contributed by atoms with van der Waals surface area (Å²) in [6.45, 7) is 6.63. The highest BCUT2D eigenvalue weighted by Crippen LogP contribution is 2.38. The van der Waals surface area contributed by atoms with E-state index in [4.69, 9.17) is 4.74 Å². The number of nitrogens with zero attached hydrogens (tertiary/aromatic N) is 1. The Balaban J connectivity index is 0.00000156. The van der Waals surface area contributed by atoms with Gasteiger partial charge in [-0.2, -0.15) is 0 Å². The Kier molecular flexibility index (Phi) is 10.1. The molecule has 1 saturated carbocycles. The molecule has 0 bridgehead atoms. The maximum atomic E-state index is 5.17. The average Bonchev–Trinajstić information content (AvgIpc) is 3.34. The van der Waals surface area contributed by atoms with Crippen LogP contribution in [0, 0.1) is 5.92 Å². The van der Waals surface area contributed by atoms with Gasteiger partial charge in [0.15, 0.2) is 0 Å². The number of piperidine rings is 1. The summed E-state index contributed by atoms with van der Waals surface area (Å²) in [7, 11) is 1.78. The molecule has 5 heteroatoms. The van der Waals surface area contributed by atoms with E-state index >= 15 is 0 Å². The Morgan fingerprint density at radius 1 is 1.20 bits per heavy atom. The van der Waals surface area contributed by atoms with Crippen LogP contribution in [-0.2, 0) is 4.74 Å². The Labute approximate surface area is 165 Å². The molecule has 2 unspecified atom stereocenters. The molecule has 1 aromatic carbocycles. The number of rotatable bonds is 7. The average molecular weight is 387 g/mol. The molecule has 142 valence electrons. The maximum Gasteiger partial charge on any atom is 0.0589 e. The number of likely N-dealkylation sites (tertiary alicyclic amines) is 1. The van der Waals surface area contributed by atoms with E-state index in [0.29, 0.717) is 12.1 Å². The predicted molar refractivity (Wildman–Crippen MR) is 111 cm³/mol. The monoisotopic (exact) mass is 386 g/mol. The van der Waals surface area contributed by atoms with E-state index in [1.54, 1.807) is 7.11 Å². The minimum Gasteiger partial charge on any atom is -0.383 e. The zero-order valence-electron chi connectivity index (χ0n) is 15.3. The Morgan fingerprint density at radius 2 is 1.88 bits per heavy atom. The van der Waals surface area contributed by atoms with E-state index in [2.05, 4.69) is 53.5 Å². The fourth-order valence-corrected chi connectivity index (χ4v) is 3.65. The summed E-state index contributed by atoms with van der Waals surface area (Å²) in [6.07, 6.45) is 6.20. The molecule has 2 fully saturated rings. The van der Waals surface area contributed by atoms with Crippen molar-refractivity contribution in [3.63, 3.8) is 0 Å². The predicted octanol–water partition coefficient (Wildman–Crippen LogP) is 4.02. The lowest BCUT2D eigenvalue weighted by Gasteiger charge is -2.32. The highest BCUT2D eigenvalue weighted by atomic mass is 35.5. The van der Waals surface area contributed by atoms with Crippen molar-refractivity contribution in [2.75, 3.05) is 33.4 Å². The molecule has 1 aliphatic carbocycles. The molecular formula is C20H32Cl2N2O. The molecule has 3 nitrogen and oxygen atoms in total. The summed E-state index contributed by atoms with van der Waals surface area (Å²) >= 11 is 0. The van der Waals surface area contributed by atoms with E-state index in [1.165, 1.54) is 43.5 Å². The van der Waals surface area contributed by atoms with Gasteiger partial charge in [-0.25, -0.2) is 0 Å². The lowest BCUT2D eigenvalue weighted by atomic mass is 10.0. The van der Waals surface area contributed by atoms with E-state index in [9.17, 15) is 0 Å². The third-order valence-electron chi connectivity index (χ3n) is 5.22. The van der Waals surface area contributed by atoms with Gasteiger partial charge in [-0.1, -0.05) is 42.0 Å². The molecule has 1 N–H and O–H groups in total. The molecule has 2 aliphatic rings. The second-order valence-electron chi connectivity index (χ2n) is 7.02. The minimum absolute atomic E-state index is 0. The summed E-state index contributed by atoms with van der Waals surface area (Å²) in [5.74, 6) is 0.738. The van der Waals surface area contributed by atoms with Gasteiger partial charge in [0.2, 0.25) is 0 Å². The summed E-state index contributed by atoms with van der Waals surface area (Å²) < 4.78 is 5.17. The van der Waals surface area contributed by atoms with Crippen molar-refractivity contribution in [2.45, 2.75) is 38.3 Å². The van der Waals surface area contributed by atoms with Gasteiger partial charge < -0.3 is 15.0 Å². The van der Waals surface area contributed by atoms with Crippen LogP contribution < -0.4 is 5.32 Å². The second kappa shape index (κ2) is 11.2. The number of hydrogen-bond donors (Lipinski definition) is 1. The fourth-order valence-electron chi connectivity index (χ4n) is 3.65. The fraction of sp³-hybridized carbons (Fsp3) is 0.600. The van der Waals surface area contributed by atoms with Gasteiger partial charge in [0.1, 0.15) is 0 Å². The molecular weight excluding hydrogens is 355 g/mol. The van der Waals surface area contributed by atoms with Crippen molar-refractivity contribution in [1.82, 2.24) is 10.2 Å². The summed E-state index contributed by atoms with van der Waals surface area (Å²) in [5, 5.41) is 3.89. The molecule has 3 rings (SSSR count). The molecule has 1 aromatic rings. The van der Waals surface area contributed by atoms with Crippen LogP contribution in [0.2, 0.25) is 0 Å². The summed E-state index contributed by atoms with van der Waals surface area (Å²) in [5.41, 5.74) is 2.84. The minimum atomic E-state index is 0. The first-order chi connectivity index (χ1) is 11.3.